The molecule has 0 radical (unpaired) electrons. The SMILES string of the molecule is C[C@@H](NCC1Cc2ccccc2C(c2cccc(C(=O)O)c2)C1)c1cccc2ccccc12. The highest BCUT2D eigenvalue weighted by Crippen LogP contribution is 2.39. The number of carboxylic acid groups (broad SMARTS) is 1. The third-order valence-corrected chi connectivity index (χ3v) is 7.05. The molecule has 5 rings (SSSR count). The summed E-state index contributed by atoms with van der Waals surface area (Å²) in [5.41, 5.74) is 5.48. The van der Waals surface area contributed by atoms with Crippen molar-refractivity contribution in [3.05, 3.63) is 119 Å². The maximum absolute atomic E-state index is 11.5. The van der Waals surface area contributed by atoms with Crippen molar-refractivity contribution in [2.75, 3.05) is 6.54 Å². The highest BCUT2D eigenvalue weighted by Gasteiger charge is 2.28. The fourth-order valence-corrected chi connectivity index (χ4v) is 5.36. The Morgan fingerprint density at radius 1 is 0.970 bits per heavy atom. The molecule has 33 heavy (non-hydrogen) atoms. The van der Waals surface area contributed by atoms with Crippen LogP contribution in [0.5, 0.6) is 0 Å². The lowest BCUT2D eigenvalue weighted by atomic mass is 9.73. The van der Waals surface area contributed by atoms with E-state index >= 15 is 0 Å². The quantitative estimate of drug-likeness (QED) is 0.359. The van der Waals surface area contributed by atoms with Crippen LogP contribution in [0.2, 0.25) is 0 Å². The largest absolute Gasteiger partial charge is 0.478 e. The van der Waals surface area contributed by atoms with Crippen LogP contribution in [-0.2, 0) is 6.42 Å². The summed E-state index contributed by atoms with van der Waals surface area (Å²) in [6, 6.07) is 31.4. The van der Waals surface area contributed by atoms with Crippen LogP contribution in [0, 0.1) is 5.92 Å². The van der Waals surface area contributed by atoms with Gasteiger partial charge in [0.15, 0.2) is 0 Å². The predicted octanol–water partition coefficient (Wildman–Crippen LogP) is 6.58. The second-order valence-electron chi connectivity index (χ2n) is 9.19. The van der Waals surface area contributed by atoms with E-state index in [1.165, 1.54) is 27.5 Å². The van der Waals surface area contributed by atoms with E-state index < -0.39 is 5.97 Å². The van der Waals surface area contributed by atoms with Crippen LogP contribution in [0.3, 0.4) is 0 Å². The number of fused-ring (bicyclic) bond motifs is 2. The average molecular weight is 436 g/mol. The van der Waals surface area contributed by atoms with E-state index in [-0.39, 0.29) is 12.0 Å². The molecule has 0 heterocycles. The second-order valence-corrected chi connectivity index (χ2v) is 9.19. The van der Waals surface area contributed by atoms with Gasteiger partial charge in [-0.1, -0.05) is 78.9 Å². The normalized spacial score (nSPS) is 18.6. The maximum Gasteiger partial charge on any atom is 0.335 e. The minimum absolute atomic E-state index is 0.217. The minimum Gasteiger partial charge on any atom is -0.478 e. The van der Waals surface area contributed by atoms with Crippen LogP contribution in [0.25, 0.3) is 10.8 Å². The summed E-state index contributed by atoms with van der Waals surface area (Å²) in [6.45, 7) is 3.17. The van der Waals surface area contributed by atoms with Gasteiger partial charge in [0.05, 0.1) is 5.56 Å². The fraction of sp³-hybridized carbons (Fsp3) is 0.233. The van der Waals surface area contributed by atoms with E-state index in [1.807, 2.05) is 12.1 Å². The molecule has 1 aliphatic carbocycles. The lowest BCUT2D eigenvalue weighted by molar-refractivity contribution is 0.0696. The van der Waals surface area contributed by atoms with Crippen LogP contribution in [0.15, 0.2) is 91.0 Å². The molecular weight excluding hydrogens is 406 g/mol. The second kappa shape index (κ2) is 9.21. The number of rotatable bonds is 6. The van der Waals surface area contributed by atoms with E-state index in [2.05, 4.69) is 85.0 Å². The Morgan fingerprint density at radius 3 is 2.61 bits per heavy atom. The summed E-state index contributed by atoms with van der Waals surface area (Å²) in [5, 5.41) is 15.8. The van der Waals surface area contributed by atoms with Crippen molar-refractivity contribution in [2.24, 2.45) is 5.92 Å². The van der Waals surface area contributed by atoms with E-state index in [9.17, 15) is 9.90 Å². The Bertz CT molecular complexity index is 1290. The van der Waals surface area contributed by atoms with E-state index in [1.54, 1.807) is 6.07 Å². The Balaban J connectivity index is 1.37. The van der Waals surface area contributed by atoms with Gasteiger partial charge in [-0.3, -0.25) is 0 Å². The lowest BCUT2D eigenvalue weighted by Crippen LogP contribution is -2.31. The molecule has 0 fully saturated rings. The molecular formula is C30H29NO2. The Morgan fingerprint density at radius 2 is 1.73 bits per heavy atom. The van der Waals surface area contributed by atoms with Crippen LogP contribution in [0.1, 0.15) is 57.9 Å². The number of carbonyl (C=O) groups is 1. The molecule has 2 N–H and O–H groups in total. The van der Waals surface area contributed by atoms with Crippen molar-refractivity contribution in [1.82, 2.24) is 5.32 Å². The lowest BCUT2D eigenvalue weighted by Gasteiger charge is -2.33. The van der Waals surface area contributed by atoms with Gasteiger partial charge in [-0.2, -0.15) is 0 Å². The van der Waals surface area contributed by atoms with Gasteiger partial charge in [0.25, 0.3) is 0 Å². The smallest absolute Gasteiger partial charge is 0.335 e. The minimum atomic E-state index is -0.872. The number of carboxylic acids is 1. The van der Waals surface area contributed by atoms with Gasteiger partial charge in [0, 0.05) is 12.0 Å². The molecule has 166 valence electrons. The van der Waals surface area contributed by atoms with Crippen LogP contribution >= 0.6 is 0 Å². The summed E-state index contributed by atoms with van der Waals surface area (Å²) < 4.78 is 0. The first kappa shape index (κ1) is 21.4. The van der Waals surface area contributed by atoms with Crippen molar-refractivity contribution in [3.8, 4) is 0 Å². The molecule has 0 saturated carbocycles. The topological polar surface area (TPSA) is 49.3 Å². The third kappa shape index (κ3) is 4.42. The summed E-state index contributed by atoms with van der Waals surface area (Å²) in [4.78, 5) is 11.5. The summed E-state index contributed by atoms with van der Waals surface area (Å²) in [5.74, 6) is -0.173. The number of nitrogens with one attached hydrogen (secondary N) is 1. The highest BCUT2D eigenvalue weighted by atomic mass is 16.4. The molecule has 1 aliphatic rings. The fourth-order valence-electron chi connectivity index (χ4n) is 5.36. The maximum atomic E-state index is 11.5. The Hall–Kier alpha value is -3.43. The van der Waals surface area contributed by atoms with Crippen molar-refractivity contribution in [1.29, 1.82) is 0 Å². The van der Waals surface area contributed by atoms with Gasteiger partial charge >= 0.3 is 5.97 Å². The summed E-state index contributed by atoms with van der Waals surface area (Å²) >= 11 is 0. The van der Waals surface area contributed by atoms with Crippen LogP contribution in [-0.4, -0.2) is 17.6 Å². The van der Waals surface area contributed by atoms with Crippen LogP contribution in [0.4, 0.5) is 0 Å². The number of aromatic carboxylic acids is 1. The molecule has 3 atom stereocenters. The van der Waals surface area contributed by atoms with Crippen molar-refractivity contribution >= 4 is 16.7 Å². The van der Waals surface area contributed by atoms with Gasteiger partial charge in [0.1, 0.15) is 0 Å². The monoisotopic (exact) mass is 435 g/mol. The Labute approximate surface area is 195 Å². The molecule has 0 aliphatic heterocycles. The molecule has 0 saturated heterocycles. The van der Waals surface area contributed by atoms with Crippen molar-refractivity contribution < 1.29 is 9.90 Å². The van der Waals surface area contributed by atoms with Gasteiger partial charge in [0.2, 0.25) is 0 Å². The number of benzene rings is 4. The third-order valence-electron chi connectivity index (χ3n) is 7.05. The van der Waals surface area contributed by atoms with Gasteiger partial charge in [-0.05, 0) is 77.4 Å². The molecule has 0 amide bonds. The summed E-state index contributed by atoms with van der Waals surface area (Å²) in [7, 11) is 0. The molecule has 0 aromatic heterocycles. The molecule has 0 bridgehead atoms. The van der Waals surface area contributed by atoms with E-state index in [4.69, 9.17) is 0 Å². The van der Waals surface area contributed by atoms with Crippen LogP contribution < -0.4 is 5.32 Å². The molecule has 3 heteroatoms. The molecule has 3 nitrogen and oxygen atoms in total. The number of hydrogen-bond acceptors (Lipinski definition) is 2. The van der Waals surface area contributed by atoms with Crippen molar-refractivity contribution in [2.45, 2.75) is 31.7 Å². The standard InChI is InChI=1S/C30H29NO2/c1-20(26-15-7-10-22-8-2-4-13-27(22)26)31-19-21-16-23-9-3-5-14-28(23)29(17-21)24-11-6-12-25(18-24)30(32)33/h2-15,18,20-21,29,31H,16-17,19H2,1H3,(H,32,33)/t20-,21?,29?/m1/s1. The first-order valence-electron chi connectivity index (χ1n) is 11.7. The van der Waals surface area contributed by atoms with Crippen molar-refractivity contribution in [3.63, 3.8) is 0 Å². The number of hydrogen-bond donors (Lipinski definition) is 2. The zero-order valence-electron chi connectivity index (χ0n) is 18.9. The van der Waals surface area contributed by atoms with Gasteiger partial charge in [-0.25, -0.2) is 4.79 Å². The first-order chi connectivity index (χ1) is 16.1. The van der Waals surface area contributed by atoms with E-state index in [0.717, 1.165) is 24.9 Å². The first-order valence-corrected chi connectivity index (χ1v) is 11.7. The zero-order chi connectivity index (χ0) is 22.8. The molecule has 4 aromatic rings. The van der Waals surface area contributed by atoms with E-state index in [0.29, 0.717) is 11.5 Å². The molecule has 2 unspecified atom stereocenters. The summed E-state index contributed by atoms with van der Waals surface area (Å²) in [6.07, 6.45) is 2.05. The molecule has 4 aromatic carbocycles. The van der Waals surface area contributed by atoms with Gasteiger partial charge in [-0.15, -0.1) is 0 Å². The highest BCUT2D eigenvalue weighted by molar-refractivity contribution is 5.88. The Kier molecular flexibility index (Phi) is 5.97. The zero-order valence-corrected chi connectivity index (χ0v) is 18.9. The molecule has 0 spiro atoms. The average Bonchev–Trinajstić information content (AvgIpc) is 2.86. The predicted molar refractivity (Wildman–Crippen MR) is 134 cm³/mol. The van der Waals surface area contributed by atoms with Gasteiger partial charge < -0.3 is 10.4 Å².